The zero-order chi connectivity index (χ0) is 16.3. The van der Waals surface area contributed by atoms with Crippen LogP contribution >= 0.6 is 0 Å². The summed E-state index contributed by atoms with van der Waals surface area (Å²) in [5.41, 5.74) is 3.21. The Labute approximate surface area is 131 Å². The van der Waals surface area contributed by atoms with Crippen LogP contribution in [0.4, 0.5) is 0 Å². The van der Waals surface area contributed by atoms with Crippen LogP contribution in [0.15, 0.2) is 24.3 Å². The molecule has 0 aliphatic rings. The molecule has 0 bridgehead atoms. The lowest BCUT2D eigenvalue weighted by Gasteiger charge is -2.37. The second kappa shape index (κ2) is 6.93. The third-order valence-corrected chi connectivity index (χ3v) is 4.88. The number of hydrogen-bond acceptors (Lipinski definition) is 2. The molecule has 1 aromatic rings. The van der Waals surface area contributed by atoms with Crippen LogP contribution in [0, 0.1) is 0 Å². The van der Waals surface area contributed by atoms with Crippen molar-refractivity contribution < 1.29 is 0 Å². The molecular formula is C19H34N2. The maximum Gasteiger partial charge on any atom is 0.0446 e. The summed E-state index contributed by atoms with van der Waals surface area (Å²) in [6, 6.07) is 9.45. The lowest BCUT2D eigenvalue weighted by molar-refractivity contribution is 0.137. The van der Waals surface area contributed by atoms with E-state index in [1.54, 1.807) is 0 Å². The van der Waals surface area contributed by atoms with Crippen LogP contribution in [0.3, 0.4) is 0 Å². The minimum absolute atomic E-state index is 0.217. The van der Waals surface area contributed by atoms with Gasteiger partial charge < -0.3 is 5.32 Å². The molecule has 0 amide bonds. The SMILES string of the molecule is CCC(C)(C)N(C)CC(NC)c1ccc(C(C)(C)C)cc1. The van der Waals surface area contributed by atoms with Gasteiger partial charge >= 0.3 is 0 Å². The van der Waals surface area contributed by atoms with E-state index in [0.717, 1.165) is 13.0 Å². The van der Waals surface area contributed by atoms with Crippen LogP contribution < -0.4 is 5.32 Å². The molecule has 0 saturated carbocycles. The van der Waals surface area contributed by atoms with Crippen molar-refractivity contribution in [2.75, 3.05) is 20.6 Å². The summed E-state index contributed by atoms with van der Waals surface area (Å²) < 4.78 is 0. The fourth-order valence-corrected chi connectivity index (χ4v) is 2.37. The smallest absolute Gasteiger partial charge is 0.0446 e. The fourth-order valence-electron chi connectivity index (χ4n) is 2.37. The normalized spacial score (nSPS) is 14.5. The van der Waals surface area contributed by atoms with Crippen molar-refractivity contribution in [2.24, 2.45) is 0 Å². The van der Waals surface area contributed by atoms with E-state index in [0.29, 0.717) is 6.04 Å². The average molecular weight is 290 g/mol. The van der Waals surface area contributed by atoms with Gasteiger partial charge in [-0.15, -0.1) is 0 Å². The van der Waals surface area contributed by atoms with Crippen molar-refractivity contribution in [2.45, 2.75) is 65.0 Å². The number of rotatable bonds is 6. The highest BCUT2D eigenvalue weighted by Gasteiger charge is 2.24. The summed E-state index contributed by atoms with van der Waals surface area (Å²) in [6.45, 7) is 14.7. The Bertz CT molecular complexity index is 426. The summed E-state index contributed by atoms with van der Waals surface area (Å²) in [7, 11) is 4.27. The molecule has 0 fully saturated rings. The minimum Gasteiger partial charge on any atom is -0.312 e. The third-order valence-electron chi connectivity index (χ3n) is 4.88. The Hall–Kier alpha value is -0.860. The predicted molar refractivity (Wildman–Crippen MR) is 93.9 cm³/mol. The van der Waals surface area contributed by atoms with Crippen LogP contribution in [0.1, 0.15) is 65.1 Å². The summed E-state index contributed by atoms with van der Waals surface area (Å²) in [4.78, 5) is 2.45. The van der Waals surface area contributed by atoms with Gasteiger partial charge in [-0.3, -0.25) is 4.90 Å². The van der Waals surface area contributed by atoms with Gasteiger partial charge in [0.05, 0.1) is 0 Å². The number of nitrogens with one attached hydrogen (secondary N) is 1. The van der Waals surface area contributed by atoms with Crippen molar-refractivity contribution in [1.29, 1.82) is 0 Å². The first-order valence-electron chi connectivity index (χ1n) is 8.10. The Balaban J connectivity index is 2.86. The van der Waals surface area contributed by atoms with Gasteiger partial charge in [-0.1, -0.05) is 52.0 Å². The lowest BCUT2D eigenvalue weighted by Crippen LogP contribution is -2.44. The standard InChI is InChI=1S/C19H34N2/c1-9-19(5,6)21(8)14-17(20-7)15-10-12-16(13-11-15)18(2,3)4/h10-13,17,20H,9,14H2,1-8H3. The van der Waals surface area contributed by atoms with E-state index in [9.17, 15) is 0 Å². The minimum atomic E-state index is 0.217. The molecule has 0 radical (unpaired) electrons. The summed E-state index contributed by atoms with van der Waals surface area (Å²) >= 11 is 0. The van der Waals surface area contributed by atoms with Gasteiger partial charge in [-0.2, -0.15) is 0 Å². The highest BCUT2D eigenvalue weighted by atomic mass is 15.2. The van der Waals surface area contributed by atoms with Crippen molar-refractivity contribution in [3.05, 3.63) is 35.4 Å². The van der Waals surface area contributed by atoms with E-state index in [1.807, 2.05) is 0 Å². The molecule has 0 heterocycles. The number of hydrogen-bond donors (Lipinski definition) is 1. The molecule has 0 aliphatic heterocycles. The quantitative estimate of drug-likeness (QED) is 0.837. The first kappa shape index (κ1) is 18.2. The lowest BCUT2D eigenvalue weighted by atomic mass is 9.86. The van der Waals surface area contributed by atoms with Gasteiger partial charge in [0.1, 0.15) is 0 Å². The van der Waals surface area contributed by atoms with Gasteiger partial charge in [0.25, 0.3) is 0 Å². The summed E-state index contributed by atoms with van der Waals surface area (Å²) in [5.74, 6) is 0. The van der Waals surface area contributed by atoms with Crippen LogP contribution in [-0.4, -0.2) is 31.1 Å². The predicted octanol–water partition coefficient (Wildman–Crippen LogP) is 4.37. The highest BCUT2D eigenvalue weighted by molar-refractivity contribution is 5.29. The molecule has 1 N–H and O–H groups in total. The van der Waals surface area contributed by atoms with E-state index in [-0.39, 0.29) is 11.0 Å². The molecule has 21 heavy (non-hydrogen) atoms. The Morgan fingerprint density at radius 2 is 1.57 bits per heavy atom. The molecule has 0 aromatic heterocycles. The zero-order valence-electron chi connectivity index (χ0n) is 15.2. The number of nitrogens with zero attached hydrogens (tertiary/aromatic N) is 1. The van der Waals surface area contributed by atoms with E-state index in [4.69, 9.17) is 0 Å². The number of benzene rings is 1. The second-order valence-corrected chi connectivity index (χ2v) is 7.76. The second-order valence-electron chi connectivity index (χ2n) is 7.76. The van der Waals surface area contributed by atoms with Crippen molar-refractivity contribution in [3.63, 3.8) is 0 Å². The fraction of sp³-hybridized carbons (Fsp3) is 0.684. The van der Waals surface area contributed by atoms with Crippen LogP contribution in [0.2, 0.25) is 0 Å². The topological polar surface area (TPSA) is 15.3 Å². The zero-order valence-corrected chi connectivity index (χ0v) is 15.2. The van der Waals surface area contributed by atoms with E-state index < -0.39 is 0 Å². The van der Waals surface area contributed by atoms with Crippen LogP contribution in [0.5, 0.6) is 0 Å². The third kappa shape index (κ3) is 4.82. The first-order valence-corrected chi connectivity index (χ1v) is 8.10. The Kier molecular flexibility index (Phi) is 6.01. The van der Waals surface area contributed by atoms with Crippen molar-refractivity contribution in [1.82, 2.24) is 10.2 Å². The largest absolute Gasteiger partial charge is 0.312 e. The molecule has 2 heteroatoms. The highest BCUT2D eigenvalue weighted by Crippen LogP contribution is 2.25. The first-order chi connectivity index (χ1) is 9.61. The van der Waals surface area contributed by atoms with Gasteiger partial charge in [-0.05, 0) is 50.9 Å². The molecule has 0 spiro atoms. The van der Waals surface area contributed by atoms with E-state index in [1.165, 1.54) is 11.1 Å². The van der Waals surface area contributed by atoms with Gasteiger partial charge in [-0.25, -0.2) is 0 Å². The summed E-state index contributed by atoms with van der Waals surface area (Å²) in [5, 5.41) is 3.46. The number of likely N-dealkylation sites (N-methyl/N-ethyl adjacent to an activating group) is 2. The van der Waals surface area contributed by atoms with Gasteiger partial charge in [0.2, 0.25) is 0 Å². The molecule has 2 nitrogen and oxygen atoms in total. The Morgan fingerprint density at radius 1 is 1.05 bits per heavy atom. The molecule has 1 aromatic carbocycles. The molecule has 1 atom stereocenters. The van der Waals surface area contributed by atoms with E-state index in [2.05, 4.69) is 90.1 Å². The molecule has 0 saturated heterocycles. The summed E-state index contributed by atoms with van der Waals surface area (Å²) in [6.07, 6.45) is 1.16. The van der Waals surface area contributed by atoms with E-state index >= 15 is 0 Å². The van der Waals surface area contributed by atoms with Crippen LogP contribution in [-0.2, 0) is 5.41 Å². The van der Waals surface area contributed by atoms with Gasteiger partial charge in [0.15, 0.2) is 0 Å². The molecule has 1 unspecified atom stereocenters. The van der Waals surface area contributed by atoms with Crippen molar-refractivity contribution >= 4 is 0 Å². The molecular weight excluding hydrogens is 256 g/mol. The van der Waals surface area contributed by atoms with Crippen molar-refractivity contribution in [3.8, 4) is 0 Å². The maximum absolute atomic E-state index is 3.46. The Morgan fingerprint density at radius 3 is 1.95 bits per heavy atom. The van der Waals surface area contributed by atoms with Gasteiger partial charge in [0, 0.05) is 18.1 Å². The molecule has 1 rings (SSSR count). The monoisotopic (exact) mass is 290 g/mol. The average Bonchev–Trinajstić information content (AvgIpc) is 2.43. The molecule has 120 valence electrons. The molecule has 0 aliphatic carbocycles. The maximum atomic E-state index is 3.46. The van der Waals surface area contributed by atoms with Crippen LogP contribution in [0.25, 0.3) is 0 Å².